The van der Waals surface area contributed by atoms with Crippen LogP contribution in [-0.2, 0) is 0 Å². The maximum Gasteiger partial charge on any atom is 0.0861 e. The first-order valence-electron chi connectivity index (χ1n) is 3.93. The molecule has 0 bridgehead atoms. The van der Waals surface area contributed by atoms with Gasteiger partial charge in [-0.05, 0) is 13.0 Å². The summed E-state index contributed by atoms with van der Waals surface area (Å²) in [5.41, 5.74) is 0. The van der Waals surface area contributed by atoms with Gasteiger partial charge in [-0.1, -0.05) is 0 Å². The summed E-state index contributed by atoms with van der Waals surface area (Å²) in [5, 5.41) is 30.4. The fourth-order valence-corrected chi connectivity index (χ4v) is 1.32. The zero-order chi connectivity index (χ0) is 8.27. The van der Waals surface area contributed by atoms with Gasteiger partial charge in [-0.25, -0.2) is 0 Å². The van der Waals surface area contributed by atoms with Crippen LogP contribution in [0.2, 0.25) is 0 Å². The van der Waals surface area contributed by atoms with Gasteiger partial charge in [0.25, 0.3) is 0 Å². The molecular formula is C7H15NO3. The van der Waals surface area contributed by atoms with Crippen molar-refractivity contribution < 1.29 is 15.3 Å². The first-order valence-corrected chi connectivity index (χ1v) is 3.93. The molecule has 2 unspecified atom stereocenters. The molecule has 0 aromatic heterocycles. The minimum atomic E-state index is -0.782. The summed E-state index contributed by atoms with van der Waals surface area (Å²) in [6, 6.07) is 0. The lowest BCUT2D eigenvalue weighted by Gasteiger charge is -2.20. The molecule has 4 nitrogen and oxygen atoms in total. The van der Waals surface area contributed by atoms with Crippen molar-refractivity contribution in [3.63, 3.8) is 0 Å². The van der Waals surface area contributed by atoms with Gasteiger partial charge in [-0.2, -0.15) is 0 Å². The number of aliphatic hydroxyl groups is 3. The van der Waals surface area contributed by atoms with E-state index in [1.807, 2.05) is 0 Å². The molecule has 4 heteroatoms. The van der Waals surface area contributed by atoms with Gasteiger partial charge >= 0.3 is 0 Å². The topological polar surface area (TPSA) is 72.7 Å². The Bertz CT molecular complexity index is 120. The molecule has 0 amide bonds. The van der Waals surface area contributed by atoms with Gasteiger partial charge in [0, 0.05) is 19.1 Å². The number of hydrogen-bond acceptors (Lipinski definition) is 4. The van der Waals surface area contributed by atoms with E-state index in [0.717, 1.165) is 0 Å². The Balaban J connectivity index is 2.49. The molecular weight excluding hydrogens is 146 g/mol. The van der Waals surface area contributed by atoms with Gasteiger partial charge in [-0.15, -0.1) is 0 Å². The van der Waals surface area contributed by atoms with Crippen LogP contribution in [0.5, 0.6) is 0 Å². The SMILES string of the molecule is OCC1CNCCC(O)[C@@H]1O. The number of nitrogens with one attached hydrogen (secondary N) is 1. The van der Waals surface area contributed by atoms with Crippen LogP contribution >= 0.6 is 0 Å². The average molecular weight is 161 g/mol. The van der Waals surface area contributed by atoms with Crippen LogP contribution in [0.1, 0.15) is 6.42 Å². The first-order chi connectivity index (χ1) is 5.25. The molecule has 0 saturated carbocycles. The minimum absolute atomic E-state index is 0.0781. The normalized spacial score (nSPS) is 40.1. The van der Waals surface area contributed by atoms with Gasteiger partial charge in [0.15, 0.2) is 0 Å². The third-order valence-corrected chi connectivity index (χ3v) is 2.14. The Hall–Kier alpha value is -0.160. The lowest BCUT2D eigenvalue weighted by molar-refractivity contribution is -0.0249. The van der Waals surface area contributed by atoms with Gasteiger partial charge in [0.05, 0.1) is 12.2 Å². The molecule has 3 atom stereocenters. The summed E-state index contributed by atoms with van der Waals surface area (Å²) < 4.78 is 0. The van der Waals surface area contributed by atoms with Gasteiger partial charge in [0.2, 0.25) is 0 Å². The Morgan fingerprint density at radius 3 is 2.73 bits per heavy atom. The second-order valence-electron chi connectivity index (χ2n) is 2.99. The molecule has 66 valence electrons. The van der Waals surface area contributed by atoms with E-state index in [1.165, 1.54) is 0 Å². The maximum atomic E-state index is 9.37. The number of aliphatic hydroxyl groups excluding tert-OH is 3. The minimum Gasteiger partial charge on any atom is -0.396 e. The van der Waals surface area contributed by atoms with Crippen molar-refractivity contribution >= 4 is 0 Å². The van der Waals surface area contributed by atoms with Gasteiger partial charge in [0.1, 0.15) is 0 Å². The molecule has 0 radical (unpaired) electrons. The van der Waals surface area contributed by atoms with Crippen molar-refractivity contribution in [2.45, 2.75) is 18.6 Å². The van der Waals surface area contributed by atoms with Gasteiger partial charge < -0.3 is 20.6 Å². The average Bonchev–Trinajstić information content (AvgIpc) is 2.16. The third-order valence-electron chi connectivity index (χ3n) is 2.14. The molecule has 11 heavy (non-hydrogen) atoms. The predicted octanol–water partition coefficient (Wildman–Crippen LogP) is -1.69. The van der Waals surface area contributed by atoms with Crippen molar-refractivity contribution in [1.82, 2.24) is 5.32 Å². The predicted molar refractivity (Wildman–Crippen MR) is 40.1 cm³/mol. The molecule has 0 aliphatic carbocycles. The van der Waals surface area contributed by atoms with Crippen molar-refractivity contribution in [2.75, 3.05) is 19.7 Å². The van der Waals surface area contributed by atoms with Crippen molar-refractivity contribution in [3.8, 4) is 0 Å². The Kier molecular flexibility index (Phi) is 3.26. The molecule has 1 aliphatic rings. The summed E-state index contributed by atoms with van der Waals surface area (Å²) in [5.74, 6) is -0.229. The van der Waals surface area contributed by atoms with Crippen molar-refractivity contribution in [2.24, 2.45) is 5.92 Å². The monoisotopic (exact) mass is 161 g/mol. The van der Waals surface area contributed by atoms with Crippen molar-refractivity contribution in [1.29, 1.82) is 0 Å². The zero-order valence-corrected chi connectivity index (χ0v) is 6.40. The zero-order valence-electron chi connectivity index (χ0n) is 6.40. The molecule has 1 fully saturated rings. The van der Waals surface area contributed by atoms with Gasteiger partial charge in [-0.3, -0.25) is 0 Å². The fraction of sp³-hybridized carbons (Fsp3) is 1.00. The van der Waals surface area contributed by atoms with Crippen LogP contribution in [-0.4, -0.2) is 47.2 Å². The van der Waals surface area contributed by atoms with E-state index >= 15 is 0 Å². The Morgan fingerprint density at radius 2 is 2.09 bits per heavy atom. The Labute approximate surface area is 65.9 Å². The van der Waals surface area contributed by atoms with E-state index in [1.54, 1.807) is 0 Å². The summed E-state index contributed by atoms with van der Waals surface area (Å²) in [6.07, 6.45) is -0.922. The van der Waals surface area contributed by atoms with Crippen molar-refractivity contribution in [3.05, 3.63) is 0 Å². The second-order valence-corrected chi connectivity index (χ2v) is 2.99. The summed E-state index contributed by atoms with van der Waals surface area (Å²) >= 11 is 0. The van der Waals surface area contributed by atoms with Crippen LogP contribution in [0.4, 0.5) is 0 Å². The first kappa shape index (κ1) is 8.93. The molecule has 1 heterocycles. The molecule has 1 aliphatic heterocycles. The highest BCUT2D eigenvalue weighted by molar-refractivity contribution is 4.80. The van der Waals surface area contributed by atoms with Crippen LogP contribution in [0.3, 0.4) is 0 Å². The van der Waals surface area contributed by atoms with Crippen LogP contribution in [0.15, 0.2) is 0 Å². The number of hydrogen-bond donors (Lipinski definition) is 4. The number of rotatable bonds is 1. The largest absolute Gasteiger partial charge is 0.396 e. The molecule has 0 aromatic carbocycles. The standard InChI is InChI=1S/C7H15NO3/c9-4-5-3-8-2-1-6(10)7(5)11/h5-11H,1-4H2/t5?,6?,7-/m1/s1. The van der Waals surface area contributed by atoms with E-state index in [-0.39, 0.29) is 12.5 Å². The van der Waals surface area contributed by atoms with E-state index in [0.29, 0.717) is 19.5 Å². The summed E-state index contributed by atoms with van der Waals surface area (Å²) in [4.78, 5) is 0. The maximum absolute atomic E-state index is 9.37. The highest BCUT2D eigenvalue weighted by Gasteiger charge is 2.27. The van der Waals surface area contributed by atoms with E-state index in [2.05, 4.69) is 5.32 Å². The van der Waals surface area contributed by atoms with Crippen LogP contribution in [0, 0.1) is 5.92 Å². The van der Waals surface area contributed by atoms with E-state index < -0.39 is 12.2 Å². The molecule has 1 saturated heterocycles. The smallest absolute Gasteiger partial charge is 0.0861 e. The van der Waals surface area contributed by atoms with Crippen LogP contribution < -0.4 is 5.32 Å². The summed E-state index contributed by atoms with van der Waals surface area (Å²) in [6.45, 7) is 1.20. The highest BCUT2D eigenvalue weighted by atomic mass is 16.3. The summed E-state index contributed by atoms with van der Waals surface area (Å²) in [7, 11) is 0. The molecule has 0 spiro atoms. The third kappa shape index (κ3) is 2.13. The van der Waals surface area contributed by atoms with E-state index in [4.69, 9.17) is 5.11 Å². The highest BCUT2D eigenvalue weighted by Crippen LogP contribution is 2.12. The molecule has 1 rings (SSSR count). The quantitative estimate of drug-likeness (QED) is 0.370. The Morgan fingerprint density at radius 1 is 1.36 bits per heavy atom. The van der Waals surface area contributed by atoms with Crippen LogP contribution in [0.25, 0.3) is 0 Å². The lowest BCUT2D eigenvalue weighted by atomic mass is 9.99. The molecule has 4 N–H and O–H groups in total. The lowest BCUT2D eigenvalue weighted by Crippen LogP contribution is -2.36. The fourth-order valence-electron chi connectivity index (χ4n) is 1.32. The van der Waals surface area contributed by atoms with E-state index in [9.17, 15) is 10.2 Å². The molecule has 0 aromatic rings. The second kappa shape index (κ2) is 4.01.